The van der Waals surface area contributed by atoms with E-state index >= 15 is 0 Å². The summed E-state index contributed by atoms with van der Waals surface area (Å²) in [6.45, 7) is 0. The Morgan fingerprint density at radius 1 is 1.29 bits per heavy atom. The zero-order chi connectivity index (χ0) is 12.3. The number of benzene rings is 1. The molecule has 17 heavy (non-hydrogen) atoms. The van der Waals surface area contributed by atoms with Crippen LogP contribution in [0, 0.1) is 0 Å². The first-order chi connectivity index (χ1) is 8.27. The van der Waals surface area contributed by atoms with Crippen molar-refractivity contribution in [1.29, 1.82) is 0 Å². The van der Waals surface area contributed by atoms with E-state index in [2.05, 4.69) is 20.5 Å². The van der Waals surface area contributed by atoms with Crippen molar-refractivity contribution in [3.8, 4) is 5.88 Å². The predicted molar refractivity (Wildman–Crippen MR) is 63.0 cm³/mol. The molecule has 0 aliphatic carbocycles. The van der Waals surface area contributed by atoms with Crippen LogP contribution in [0.25, 0.3) is 10.8 Å². The van der Waals surface area contributed by atoms with Crippen molar-refractivity contribution in [2.24, 2.45) is 12.1 Å². The van der Waals surface area contributed by atoms with E-state index in [1.807, 2.05) is 24.3 Å². The second-order valence-corrected chi connectivity index (χ2v) is 3.38. The molecular formula is C11H14N4O2. The molecule has 0 bridgehead atoms. The van der Waals surface area contributed by atoms with E-state index < -0.39 is 0 Å². The van der Waals surface area contributed by atoms with Gasteiger partial charge in [-0.15, -0.1) is 5.10 Å². The van der Waals surface area contributed by atoms with Crippen LogP contribution in [0.2, 0.25) is 0 Å². The van der Waals surface area contributed by atoms with E-state index in [0.717, 1.165) is 16.3 Å². The van der Waals surface area contributed by atoms with Crippen molar-refractivity contribution >= 4 is 10.8 Å². The SMILES string of the molecule is CN/N=c1/c2ccccc2c(OOC)nn1C. The van der Waals surface area contributed by atoms with Gasteiger partial charge in [-0.3, -0.25) is 0 Å². The first-order valence-electron chi connectivity index (χ1n) is 5.15. The molecule has 2 rings (SSSR count). The third-order valence-corrected chi connectivity index (χ3v) is 2.33. The molecule has 0 aliphatic rings. The average Bonchev–Trinajstić information content (AvgIpc) is 2.34. The standard InChI is InChI=1S/C11H14N4O2/c1-12-13-10-8-6-4-5-7-9(8)11(17-16-3)14-15(10)2/h4-7,12H,1-3H3/b13-10-. The number of nitrogens with one attached hydrogen (secondary N) is 1. The maximum atomic E-state index is 5.04. The minimum Gasteiger partial charge on any atom is -0.315 e. The Kier molecular flexibility index (Phi) is 3.24. The summed E-state index contributed by atoms with van der Waals surface area (Å²) in [7, 11) is 4.99. The highest BCUT2D eigenvalue weighted by Gasteiger charge is 2.08. The van der Waals surface area contributed by atoms with Gasteiger partial charge in [-0.05, 0) is 6.07 Å². The van der Waals surface area contributed by atoms with Gasteiger partial charge in [0.1, 0.15) is 0 Å². The minimum atomic E-state index is 0.417. The fourth-order valence-electron chi connectivity index (χ4n) is 1.66. The molecule has 0 unspecified atom stereocenters. The fraction of sp³-hybridized carbons (Fsp3) is 0.273. The lowest BCUT2D eigenvalue weighted by Crippen LogP contribution is -2.24. The first kappa shape index (κ1) is 11.4. The quantitative estimate of drug-likeness (QED) is 0.622. The highest BCUT2D eigenvalue weighted by atomic mass is 17.2. The smallest absolute Gasteiger partial charge is 0.281 e. The van der Waals surface area contributed by atoms with Crippen molar-refractivity contribution in [2.45, 2.75) is 0 Å². The van der Waals surface area contributed by atoms with E-state index in [1.54, 1.807) is 18.8 Å². The molecule has 1 aromatic carbocycles. The summed E-state index contributed by atoms with van der Waals surface area (Å²) in [5, 5.41) is 10.2. The van der Waals surface area contributed by atoms with Crippen LogP contribution in [-0.2, 0) is 11.9 Å². The van der Waals surface area contributed by atoms with Crippen LogP contribution < -0.4 is 15.8 Å². The maximum absolute atomic E-state index is 5.04. The molecule has 6 heteroatoms. The highest BCUT2D eigenvalue weighted by molar-refractivity contribution is 5.85. The first-order valence-corrected chi connectivity index (χ1v) is 5.15. The zero-order valence-electron chi connectivity index (χ0n) is 9.97. The number of hydrogen-bond donors (Lipinski definition) is 1. The van der Waals surface area contributed by atoms with Gasteiger partial charge in [-0.25, -0.2) is 4.68 Å². The van der Waals surface area contributed by atoms with Gasteiger partial charge in [0.05, 0.1) is 12.5 Å². The highest BCUT2D eigenvalue weighted by Crippen LogP contribution is 2.19. The van der Waals surface area contributed by atoms with Gasteiger partial charge in [-0.1, -0.05) is 18.2 Å². The van der Waals surface area contributed by atoms with Gasteiger partial charge in [-0.2, -0.15) is 9.99 Å². The Bertz CT molecular complexity index is 592. The van der Waals surface area contributed by atoms with Gasteiger partial charge in [0, 0.05) is 19.5 Å². The van der Waals surface area contributed by atoms with Gasteiger partial charge < -0.3 is 10.3 Å². The summed E-state index contributed by atoms with van der Waals surface area (Å²) in [6.07, 6.45) is 0. The number of rotatable bonds is 3. The van der Waals surface area contributed by atoms with Crippen LogP contribution in [0.5, 0.6) is 5.88 Å². The van der Waals surface area contributed by atoms with Crippen molar-refractivity contribution in [3.05, 3.63) is 29.8 Å². The zero-order valence-corrected chi connectivity index (χ0v) is 9.97. The monoisotopic (exact) mass is 234 g/mol. The normalized spacial score (nSPS) is 11.8. The maximum Gasteiger partial charge on any atom is 0.281 e. The molecule has 6 nitrogen and oxygen atoms in total. The second-order valence-electron chi connectivity index (χ2n) is 3.38. The fourth-order valence-corrected chi connectivity index (χ4v) is 1.66. The van der Waals surface area contributed by atoms with Gasteiger partial charge >= 0.3 is 0 Å². The number of aromatic nitrogens is 2. The average molecular weight is 234 g/mol. The molecule has 1 aromatic heterocycles. The van der Waals surface area contributed by atoms with Gasteiger partial charge in [0.15, 0.2) is 5.49 Å². The second kappa shape index (κ2) is 4.84. The Morgan fingerprint density at radius 2 is 2.00 bits per heavy atom. The lowest BCUT2D eigenvalue weighted by Gasteiger charge is -2.08. The lowest BCUT2D eigenvalue weighted by molar-refractivity contribution is -0.181. The van der Waals surface area contributed by atoms with Gasteiger partial charge in [0.2, 0.25) is 0 Å². The Hall–Kier alpha value is -2.08. The van der Waals surface area contributed by atoms with E-state index in [4.69, 9.17) is 4.89 Å². The molecule has 1 heterocycles. The Morgan fingerprint density at radius 3 is 2.65 bits per heavy atom. The largest absolute Gasteiger partial charge is 0.315 e. The lowest BCUT2D eigenvalue weighted by atomic mass is 10.2. The number of nitrogens with zero attached hydrogens (tertiary/aromatic N) is 3. The summed E-state index contributed by atoms with van der Waals surface area (Å²) < 4.78 is 1.63. The van der Waals surface area contributed by atoms with E-state index in [1.165, 1.54) is 7.11 Å². The van der Waals surface area contributed by atoms with Crippen molar-refractivity contribution < 1.29 is 9.78 Å². The molecule has 0 saturated heterocycles. The number of fused-ring (bicyclic) bond motifs is 1. The third-order valence-electron chi connectivity index (χ3n) is 2.33. The molecule has 0 aliphatic heterocycles. The molecule has 0 atom stereocenters. The van der Waals surface area contributed by atoms with Crippen LogP contribution >= 0.6 is 0 Å². The van der Waals surface area contributed by atoms with Crippen LogP contribution in [0.4, 0.5) is 0 Å². The number of aryl methyl sites for hydroxylation is 1. The Balaban J connectivity index is 2.82. The summed E-state index contributed by atoms with van der Waals surface area (Å²) >= 11 is 0. The van der Waals surface area contributed by atoms with Crippen LogP contribution in [0.15, 0.2) is 29.4 Å². The Labute approximate surface area is 98.4 Å². The van der Waals surface area contributed by atoms with E-state index in [9.17, 15) is 0 Å². The topological polar surface area (TPSA) is 60.7 Å². The van der Waals surface area contributed by atoms with Crippen LogP contribution in [0.1, 0.15) is 0 Å². The summed E-state index contributed by atoms with van der Waals surface area (Å²) in [6, 6.07) is 7.71. The number of hydrogen-bond acceptors (Lipinski definition) is 5. The van der Waals surface area contributed by atoms with Gasteiger partial charge in [0.25, 0.3) is 5.88 Å². The molecule has 2 aromatic rings. The van der Waals surface area contributed by atoms with Crippen molar-refractivity contribution in [2.75, 3.05) is 14.2 Å². The molecule has 0 spiro atoms. The van der Waals surface area contributed by atoms with Crippen molar-refractivity contribution in [3.63, 3.8) is 0 Å². The minimum absolute atomic E-state index is 0.417. The molecule has 0 radical (unpaired) electrons. The summed E-state index contributed by atoms with van der Waals surface area (Å²) in [4.78, 5) is 9.71. The third kappa shape index (κ3) is 2.07. The van der Waals surface area contributed by atoms with E-state index in [0.29, 0.717) is 5.88 Å². The van der Waals surface area contributed by atoms with E-state index in [-0.39, 0.29) is 0 Å². The van der Waals surface area contributed by atoms with Crippen molar-refractivity contribution in [1.82, 2.24) is 15.2 Å². The molecule has 1 N–H and O–H groups in total. The summed E-state index contributed by atoms with van der Waals surface area (Å²) in [5.41, 5.74) is 3.49. The summed E-state index contributed by atoms with van der Waals surface area (Å²) in [5.74, 6) is 0.417. The molecule has 0 saturated carbocycles. The van der Waals surface area contributed by atoms with Crippen LogP contribution in [0.3, 0.4) is 0 Å². The van der Waals surface area contributed by atoms with Crippen LogP contribution in [-0.4, -0.2) is 23.9 Å². The predicted octanol–water partition coefficient (Wildman–Crippen LogP) is 0.549. The molecular weight excluding hydrogens is 220 g/mol. The molecule has 0 amide bonds. The molecule has 0 fully saturated rings. The molecule has 90 valence electrons.